The van der Waals surface area contributed by atoms with Gasteiger partial charge in [-0.3, -0.25) is 4.99 Å². The molecular weight excluding hydrogens is 211 g/mol. The van der Waals surface area contributed by atoms with Crippen LogP contribution in [0.2, 0.25) is 0 Å². The van der Waals surface area contributed by atoms with Crippen LogP contribution in [0.25, 0.3) is 0 Å². The van der Waals surface area contributed by atoms with Gasteiger partial charge >= 0.3 is 0 Å². The van der Waals surface area contributed by atoms with Crippen molar-refractivity contribution in [2.45, 2.75) is 0 Å². The van der Waals surface area contributed by atoms with Gasteiger partial charge in [-0.15, -0.1) is 11.3 Å². The topological polar surface area (TPSA) is 38.4 Å². The van der Waals surface area contributed by atoms with Crippen LogP contribution in [0.4, 0.5) is 15.1 Å². The molecule has 0 amide bonds. The van der Waals surface area contributed by atoms with Gasteiger partial charge in [0.2, 0.25) is 0 Å². The second-order valence-corrected chi connectivity index (χ2v) is 3.90. The molecule has 1 aromatic heterocycles. The van der Waals surface area contributed by atoms with Gasteiger partial charge in [-0.25, -0.2) is 4.39 Å². The Balaban J connectivity index is 2.26. The number of nitrogen functional groups attached to an aromatic ring is 1. The van der Waals surface area contributed by atoms with E-state index < -0.39 is 0 Å². The van der Waals surface area contributed by atoms with Crippen molar-refractivity contribution >= 4 is 28.2 Å². The van der Waals surface area contributed by atoms with E-state index in [1.54, 1.807) is 24.4 Å². The Morgan fingerprint density at radius 2 is 2.07 bits per heavy atom. The minimum Gasteiger partial charge on any atom is -0.390 e. The number of hydrogen-bond donors (Lipinski definition) is 1. The van der Waals surface area contributed by atoms with Gasteiger partial charge in [-0.1, -0.05) is 12.1 Å². The van der Waals surface area contributed by atoms with Crippen molar-refractivity contribution in [2.75, 3.05) is 5.73 Å². The number of rotatable bonds is 2. The van der Waals surface area contributed by atoms with Gasteiger partial charge in [-0.2, -0.15) is 0 Å². The Morgan fingerprint density at radius 1 is 1.27 bits per heavy atom. The summed E-state index contributed by atoms with van der Waals surface area (Å²) in [6.07, 6.45) is 1.57. The number of para-hydroxylation sites is 1. The highest BCUT2D eigenvalue weighted by atomic mass is 32.1. The Kier molecular flexibility index (Phi) is 2.78. The number of thiophene rings is 1. The largest absolute Gasteiger partial charge is 0.390 e. The van der Waals surface area contributed by atoms with Crippen LogP contribution in [0.15, 0.2) is 40.7 Å². The van der Waals surface area contributed by atoms with Crippen LogP contribution in [-0.2, 0) is 0 Å². The molecule has 1 aromatic carbocycles. The minimum atomic E-state index is -0.331. The number of aliphatic imine (C=N–C) groups is 1. The van der Waals surface area contributed by atoms with E-state index in [1.165, 1.54) is 17.4 Å². The van der Waals surface area contributed by atoms with Crippen molar-refractivity contribution in [3.8, 4) is 0 Å². The molecule has 2 N–H and O–H groups in total. The first-order valence-electron chi connectivity index (χ1n) is 4.39. The minimum absolute atomic E-state index is 0.322. The Hall–Kier alpha value is -1.68. The van der Waals surface area contributed by atoms with Crippen LogP contribution in [0.1, 0.15) is 5.56 Å². The van der Waals surface area contributed by atoms with Gasteiger partial charge in [0.25, 0.3) is 0 Å². The molecule has 0 aliphatic rings. The van der Waals surface area contributed by atoms with E-state index in [9.17, 15) is 4.39 Å². The molecule has 0 saturated heterocycles. The Morgan fingerprint density at radius 3 is 2.73 bits per heavy atom. The first kappa shape index (κ1) is 9.86. The van der Waals surface area contributed by atoms with Crippen LogP contribution in [0, 0.1) is 5.82 Å². The van der Waals surface area contributed by atoms with Gasteiger partial charge in [0.1, 0.15) is 5.82 Å². The number of nitrogens with two attached hydrogens (primary N) is 1. The predicted octanol–water partition coefficient (Wildman–Crippen LogP) is 3.22. The maximum Gasteiger partial charge on any atom is 0.148 e. The molecule has 15 heavy (non-hydrogen) atoms. The third-order valence-corrected chi connectivity index (χ3v) is 2.68. The third kappa shape index (κ3) is 2.22. The van der Waals surface area contributed by atoms with Gasteiger partial charge in [0.15, 0.2) is 0 Å². The van der Waals surface area contributed by atoms with Gasteiger partial charge in [0, 0.05) is 11.8 Å². The monoisotopic (exact) mass is 220 g/mol. The molecule has 0 unspecified atom stereocenters. The van der Waals surface area contributed by atoms with Gasteiger partial charge < -0.3 is 5.73 Å². The van der Waals surface area contributed by atoms with Gasteiger partial charge in [-0.05, 0) is 23.6 Å². The second kappa shape index (κ2) is 4.23. The summed E-state index contributed by atoms with van der Waals surface area (Å²) in [5, 5.41) is 2.56. The average Bonchev–Trinajstić information content (AvgIpc) is 2.63. The lowest BCUT2D eigenvalue weighted by molar-refractivity contribution is 0.630. The highest BCUT2D eigenvalue weighted by Gasteiger charge is 1.98. The molecule has 0 aliphatic carbocycles. The van der Waals surface area contributed by atoms with E-state index in [4.69, 9.17) is 5.73 Å². The normalized spacial score (nSPS) is 11.0. The smallest absolute Gasteiger partial charge is 0.148 e. The molecule has 2 aromatic rings. The first-order valence-corrected chi connectivity index (χ1v) is 5.27. The highest BCUT2D eigenvalue weighted by molar-refractivity contribution is 7.14. The van der Waals surface area contributed by atoms with Crippen LogP contribution >= 0.6 is 11.3 Å². The van der Waals surface area contributed by atoms with Crippen molar-refractivity contribution in [1.82, 2.24) is 0 Å². The highest BCUT2D eigenvalue weighted by Crippen LogP contribution is 2.20. The lowest BCUT2D eigenvalue weighted by Gasteiger charge is -1.94. The summed E-state index contributed by atoms with van der Waals surface area (Å²) in [7, 11) is 0. The quantitative estimate of drug-likeness (QED) is 0.775. The SMILES string of the molecule is Nc1sccc1C=Nc1ccccc1F. The van der Waals surface area contributed by atoms with Crippen LogP contribution < -0.4 is 5.73 Å². The lowest BCUT2D eigenvalue weighted by atomic mass is 10.3. The van der Waals surface area contributed by atoms with E-state index in [1.807, 2.05) is 11.4 Å². The molecule has 0 fully saturated rings. The molecule has 2 nitrogen and oxygen atoms in total. The van der Waals surface area contributed by atoms with Crippen molar-refractivity contribution < 1.29 is 4.39 Å². The fraction of sp³-hybridized carbons (Fsp3) is 0. The molecule has 1 heterocycles. The zero-order valence-corrected chi connectivity index (χ0v) is 8.67. The Labute approximate surface area is 90.9 Å². The van der Waals surface area contributed by atoms with Crippen LogP contribution in [0.3, 0.4) is 0 Å². The average molecular weight is 220 g/mol. The molecule has 0 atom stereocenters. The molecule has 0 saturated carbocycles. The molecule has 0 radical (unpaired) electrons. The molecule has 0 bridgehead atoms. The van der Waals surface area contributed by atoms with E-state index in [-0.39, 0.29) is 5.82 Å². The molecular formula is C11H9FN2S. The van der Waals surface area contributed by atoms with Gasteiger partial charge in [0.05, 0.1) is 10.7 Å². The second-order valence-electron chi connectivity index (χ2n) is 2.95. The summed E-state index contributed by atoms with van der Waals surface area (Å²) < 4.78 is 13.2. The maximum atomic E-state index is 13.2. The van der Waals surface area contributed by atoms with Crippen molar-refractivity contribution in [3.63, 3.8) is 0 Å². The Bertz CT molecular complexity index is 491. The number of anilines is 1. The summed E-state index contributed by atoms with van der Waals surface area (Å²) in [5.74, 6) is -0.331. The van der Waals surface area contributed by atoms with Crippen molar-refractivity contribution in [3.05, 3.63) is 47.1 Å². The zero-order chi connectivity index (χ0) is 10.7. The summed E-state index contributed by atoms with van der Waals surface area (Å²) in [6, 6.07) is 8.22. The molecule has 4 heteroatoms. The maximum absolute atomic E-state index is 13.2. The summed E-state index contributed by atoms with van der Waals surface area (Å²) in [5.41, 5.74) is 6.82. The fourth-order valence-corrected chi connectivity index (χ4v) is 1.75. The van der Waals surface area contributed by atoms with E-state index in [0.29, 0.717) is 10.7 Å². The zero-order valence-electron chi connectivity index (χ0n) is 7.85. The standard InChI is InChI=1S/C11H9FN2S/c12-9-3-1-2-4-10(9)14-7-8-5-6-15-11(8)13/h1-7H,13H2. The predicted molar refractivity (Wildman–Crippen MR) is 62.4 cm³/mol. The van der Waals surface area contributed by atoms with Crippen LogP contribution in [0.5, 0.6) is 0 Å². The number of benzene rings is 1. The first-order chi connectivity index (χ1) is 7.27. The van der Waals surface area contributed by atoms with Crippen molar-refractivity contribution in [1.29, 1.82) is 0 Å². The van der Waals surface area contributed by atoms with Crippen molar-refractivity contribution in [2.24, 2.45) is 4.99 Å². The molecule has 76 valence electrons. The van der Waals surface area contributed by atoms with Crippen LogP contribution in [-0.4, -0.2) is 6.21 Å². The molecule has 2 rings (SSSR count). The fourth-order valence-electron chi connectivity index (χ4n) is 1.13. The third-order valence-electron chi connectivity index (χ3n) is 1.92. The molecule has 0 spiro atoms. The summed E-state index contributed by atoms with van der Waals surface area (Å²) in [4.78, 5) is 4.04. The summed E-state index contributed by atoms with van der Waals surface area (Å²) in [6.45, 7) is 0. The van der Waals surface area contributed by atoms with E-state index >= 15 is 0 Å². The lowest BCUT2D eigenvalue weighted by Crippen LogP contribution is -1.85. The molecule has 0 aliphatic heterocycles. The number of halogens is 1. The van der Waals surface area contributed by atoms with E-state index in [0.717, 1.165) is 5.56 Å². The summed E-state index contributed by atoms with van der Waals surface area (Å²) >= 11 is 1.44. The van der Waals surface area contributed by atoms with E-state index in [2.05, 4.69) is 4.99 Å². The number of nitrogens with zero attached hydrogens (tertiary/aromatic N) is 1. The number of hydrogen-bond acceptors (Lipinski definition) is 3.